The minimum atomic E-state index is -0.428. The van der Waals surface area contributed by atoms with Crippen molar-refractivity contribution in [3.63, 3.8) is 0 Å². The van der Waals surface area contributed by atoms with Gasteiger partial charge >= 0.3 is 5.97 Å². The van der Waals surface area contributed by atoms with Crippen molar-refractivity contribution in [2.75, 3.05) is 27.2 Å². The Balaban J connectivity index is 2.23. The molecule has 0 unspecified atom stereocenters. The van der Waals surface area contributed by atoms with Gasteiger partial charge in [0.2, 0.25) is 0 Å². The maximum Gasteiger partial charge on any atom is 0.310 e. The molecule has 19 heavy (non-hydrogen) atoms. The first-order chi connectivity index (χ1) is 9.02. The Morgan fingerprint density at radius 2 is 2.00 bits per heavy atom. The SMILES string of the molecule is COC(=O)[C@H]1CN(C)C[C@H]1c1ccc([N+](=O)[O-])cc1. The van der Waals surface area contributed by atoms with E-state index >= 15 is 0 Å². The van der Waals surface area contributed by atoms with Crippen molar-refractivity contribution in [3.05, 3.63) is 39.9 Å². The highest BCUT2D eigenvalue weighted by Gasteiger charge is 2.37. The number of nitrogens with zero attached hydrogens (tertiary/aromatic N) is 2. The van der Waals surface area contributed by atoms with E-state index in [1.165, 1.54) is 19.2 Å². The Kier molecular flexibility index (Phi) is 3.80. The summed E-state index contributed by atoms with van der Waals surface area (Å²) in [6.07, 6.45) is 0. The lowest BCUT2D eigenvalue weighted by molar-refractivity contribution is -0.384. The summed E-state index contributed by atoms with van der Waals surface area (Å²) >= 11 is 0. The van der Waals surface area contributed by atoms with Gasteiger partial charge < -0.3 is 9.64 Å². The molecule has 6 nitrogen and oxygen atoms in total. The molecule has 2 rings (SSSR count). The lowest BCUT2D eigenvalue weighted by atomic mass is 9.89. The van der Waals surface area contributed by atoms with Crippen molar-refractivity contribution in [2.45, 2.75) is 5.92 Å². The number of nitro groups is 1. The average molecular weight is 264 g/mol. The minimum Gasteiger partial charge on any atom is -0.469 e. The molecule has 1 aliphatic heterocycles. The summed E-state index contributed by atoms with van der Waals surface area (Å²) in [7, 11) is 3.33. The number of esters is 1. The van der Waals surface area contributed by atoms with E-state index in [4.69, 9.17) is 4.74 Å². The monoisotopic (exact) mass is 264 g/mol. The second-order valence-electron chi connectivity index (χ2n) is 4.81. The molecule has 6 heteroatoms. The van der Waals surface area contributed by atoms with Crippen LogP contribution < -0.4 is 0 Å². The number of carbonyl (C=O) groups excluding carboxylic acids is 1. The predicted molar refractivity (Wildman–Crippen MR) is 68.8 cm³/mol. The standard InChI is InChI=1S/C13H16N2O4/c1-14-7-11(12(8-14)13(16)19-2)9-3-5-10(6-4-9)15(17)18/h3-6,11-12H,7-8H2,1-2H3/t11-,12-/m0/s1. The number of nitro benzene ring substituents is 1. The largest absolute Gasteiger partial charge is 0.469 e. The first-order valence-electron chi connectivity index (χ1n) is 6.03. The van der Waals surface area contributed by atoms with Gasteiger partial charge in [0.1, 0.15) is 0 Å². The van der Waals surface area contributed by atoms with Gasteiger partial charge in [0.25, 0.3) is 5.69 Å². The summed E-state index contributed by atoms with van der Waals surface area (Å²) in [6.45, 7) is 1.39. The fraction of sp³-hybridized carbons (Fsp3) is 0.462. The van der Waals surface area contributed by atoms with Crippen molar-refractivity contribution in [3.8, 4) is 0 Å². The summed E-state index contributed by atoms with van der Waals surface area (Å²) in [5.74, 6) is -0.414. The number of hydrogen-bond donors (Lipinski definition) is 0. The van der Waals surface area contributed by atoms with Crippen LogP contribution in [0, 0.1) is 16.0 Å². The van der Waals surface area contributed by atoms with Gasteiger partial charge in [0, 0.05) is 31.1 Å². The molecule has 1 heterocycles. The fourth-order valence-corrected chi connectivity index (χ4v) is 2.57. The molecule has 1 aromatic carbocycles. The van der Waals surface area contributed by atoms with Crippen LogP contribution in [0.15, 0.2) is 24.3 Å². The lowest BCUT2D eigenvalue weighted by Gasteiger charge is -2.16. The van der Waals surface area contributed by atoms with Gasteiger partial charge in [-0.05, 0) is 12.6 Å². The number of ether oxygens (including phenoxy) is 1. The van der Waals surface area contributed by atoms with Gasteiger partial charge in [-0.25, -0.2) is 0 Å². The molecule has 0 N–H and O–H groups in total. The number of methoxy groups -OCH3 is 1. The molecular formula is C13H16N2O4. The van der Waals surface area contributed by atoms with Crippen molar-refractivity contribution in [1.82, 2.24) is 4.90 Å². The van der Waals surface area contributed by atoms with E-state index in [0.29, 0.717) is 6.54 Å². The van der Waals surface area contributed by atoms with Crippen LogP contribution in [0.1, 0.15) is 11.5 Å². The molecule has 1 fully saturated rings. The van der Waals surface area contributed by atoms with Gasteiger partial charge in [-0.3, -0.25) is 14.9 Å². The Labute approximate surface area is 111 Å². The smallest absolute Gasteiger partial charge is 0.310 e. The fourth-order valence-electron chi connectivity index (χ4n) is 2.57. The lowest BCUT2D eigenvalue weighted by Crippen LogP contribution is -2.23. The third kappa shape index (κ3) is 2.73. The maximum atomic E-state index is 11.8. The number of hydrogen-bond acceptors (Lipinski definition) is 5. The minimum absolute atomic E-state index is 0.0262. The highest BCUT2D eigenvalue weighted by Crippen LogP contribution is 2.33. The first-order valence-corrected chi connectivity index (χ1v) is 6.03. The molecule has 0 amide bonds. The Hall–Kier alpha value is -1.95. The number of benzene rings is 1. The van der Waals surface area contributed by atoms with Gasteiger partial charge in [-0.2, -0.15) is 0 Å². The summed E-state index contributed by atoms with van der Waals surface area (Å²) in [5, 5.41) is 10.6. The molecule has 0 spiro atoms. The van der Waals surface area contributed by atoms with Crippen LogP contribution in [0.4, 0.5) is 5.69 Å². The molecule has 1 saturated heterocycles. The molecule has 0 radical (unpaired) electrons. The van der Waals surface area contributed by atoms with E-state index in [-0.39, 0.29) is 23.5 Å². The molecule has 1 aromatic rings. The van der Waals surface area contributed by atoms with E-state index in [1.54, 1.807) is 12.1 Å². The number of non-ortho nitro benzene ring substituents is 1. The zero-order valence-electron chi connectivity index (χ0n) is 10.9. The van der Waals surface area contributed by atoms with Crippen LogP contribution in [0.2, 0.25) is 0 Å². The number of rotatable bonds is 3. The van der Waals surface area contributed by atoms with Crippen LogP contribution in [0.25, 0.3) is 0 Å². The van der Waals surface area contributed by atoms with E-state index in [2.05, 4.69) is 4.90 Å². The zero-order valence-corrected chi connectivity index (χ0v) is 10.9. The molecule has 2 atom stereocenters. The summed E-state index contributed by atoms with van der Waals surface area (Å²) in [5.41, 5.74) is 0.995. The molecule has 0 aliphatic carbocycles. The Bertz CT molecular complexity index is 486. The Morgan fingerprint density at radius 1 is 1.37 bits per heavy atom. The van der Waals surface area contributed by atoms with Crippen LogP contribution in [0.5, 0.6) is 0 Å². The molecular weight excluding hydrogens is 248 g/mol. The second kappa shape index (κ2) is 5.36. The van der Waals surface area contributed by atoms with Crippen molar-refractivity contribution in [1.29, 1.82) is 0 Å². The third-order valence-corrected chi connectivity index (χ3v) is 3.54. The molecule has 0 aromatic heterocycles. The number of likely N-dealkylation sites (N-methyl/N-ethyl adjacent to an activating group) is 1. The van der Waals surface area contributed by atoms with E-state index in [0.717, 1.165) is 12.1 Å². The summed E-state index contributed by atoms with van der Waals surface area (Å²) < 4.78 is 4.82. The van der Waals surface area contributed by atoms with Gasteiger partial charge in [0.05, 0.1) is 18.0 Å². The second-order valence-corrected chi connectivity index (χ2v) is 4.81. The van der Waals surface area contributed by atoms with Gasteiger partial charge in [-0.1, -0.05) is 12.1 Å². The van der Waals surface area contributed by atoms with Crippen LogP contribution >= 0.6 is 0 Å². The maximum absolute atomic E-state index is 11.8. The quantitative estimate of drug-likeness (QED) is 0.469. The highest BCUT2D eigenvalue weighted by atomic mass is 16.6. The number of carbonyl (C=O) groups is 1. The topological polar surface area (TPSA) is 72.7 Å². The van der Waals surface area contributed by atoms with E-state index < -0.39 is 4.92 Å². The molecule has 102 valence electrons. The highest BCUT2D eigenvalue weighted by molar-refractivity contribution is 5.74. The predicted octanol–water partition coefficient (Wildman–Crippen LogP) is 1.41. The van der Waals surface area contributed by atoms with Crippen molar-refractivity contribution in [2.24, 2.45) is 5.92 Å². The Morgan fingerprint density at radius 3 is 2.53 bits per heavy atom. The van der Waals surface area contributed by atoms with Crippen LogP contribution in [-0.2, 0) is 9.53 Å². The van der Waals surface area contributed by atoms with Crippen molar-refractivity contribution >= 4 is 11.7 Å². The first kappa shape index (κ1) is 13.5. The number of likely N-dealkylation sites (tertiary alicyclic amines) is 1. The zero-order chi connectivity index (χ0) is 14.0. The summed E-state index contributed by atoms with van der Waals surface area (Å²) in [6, 6.07) is 6.39. The van der Waals surface area contributed by atoms with Gasteiger partial charge in [-0.15, -0.1) is 0 Å². The molecule has 0 bridgehead atoms. The molecule has 0 saturated carbocycles. The molecule has 1 aliphatic rings. The third-order valence-electron chi connectivity index (χ3n) is 3.54. The normalized spacial score (nSPS) is 23.3. The summed E-state index contributed by atoms with van der Waals surface area (Å²) in [4.78, 5) is 24.0. The van der Waals surface area contributed by atoms with Crippen molar-refractivity contribution < 1.29 is 14.5 Å². The average Bonchev–Trinajstić information content (AvgIpc) is 2.80. The van der Waals surface area contributed by atoms with E-state index in [9.17, 15) is 14.9 Å². The van der Waals surface area contributed by atoms with Crippen LogP contribution in [-0.4, -0.2) is 43.0 Å². The van der Waals surface area contributed by atoms with E-state index in [1.807, 2.05) is 7.05 Å². The van der Waals surface area contributed by atoms with Crippen LogP contribution in [0.3, 0.4) is 0 Å². The van der Waals surface area contributed by atoms with Gasteiger partial charge in [0.15, 0.2) is 0 Å².